The number of aliphatic hydroxyl groups is 1. The lowest BCUT2D eigenvalue weighted by molar-refractivity contribution is 0.0437. The van der Waals surface area contributed by atoms with Crippen molar-refractivity contribution in [3.63, 3.8) is 0 Å². The number of hydrogen-bond donors (Lipinski definition) is 2. The Hall–Kier alpha value is -1.69. The zero-order valence-corrected chi connectivity index (χ0v) is 10.5. The van der Waals surface area contributed by atoms with E-state index in [4.69, 9.17) is 5.73 Å². The van der Waals surface area contributed by atoms with Gasteiger partial charge in [-0.25, -0.2) is 0 Å². The summed E-state index contributed by atoms with van der Waals surface area (Å²) in [6.45, 7) is 2.99. The largest absolute Gasteiger partial charge is 0.390 e. The Morgan fingerprint density at radius 1 is 1.39 bits per heavy atom. The van der Waals surface area contributed by atoms with Crippen LogP contribution in [-0.4, -0.2) is 44.8 Å². The molecule has 18 heavy (non-hydrogen) atoms. The molecule has 0 aromatic carbocycles. The van der Waals surface area contributed by atoms with E-state index in [-0.39, 0.29) is 5.91 Å². The van der Waals surface area contributed by atoms with E-state index in [0.29, 0.717) is 37.4 Å². The molecule has 0 radical (unpaired) electrons. The van der Waals surface area contributed by atoms with Crippen LogP contribution >= 0.6 is 0 Å². The van der Waals surface area contributed by atoms with Crippen molar-refractivity contribution in [2.75, 3.05) is 18.8 Å². The molecular formula is C12H18N4O2. The van der Waals surface area contributed by atoms with Gasteiger partial charge in [0.25, 0.3) is 5.91 Å². The van der Waals surface area contributed by atoms with Gasteiger partial charge < -0.3 is 15.7 Å². The Labute approximate surface area is 106 Å². The van der Waals surface area contributed by atoms with Gasteiger partial charge in [0.2, 0.25) is 0 Å². The molecule has 2 heterocycles. The lowest BCUT2D eigenvalue weighted by Gasteiger charge is -2.22. The van der Waals surface area contributed by atoms with Crippen LogP contribution < -0.4 is 5.73 Å². The average Bonchev–Trinajstić information content (AvgIpc) is 2.50. The van der Waals surface area contributed by atoms with Gasteiger partial charge in [-0.15, -0.1) is 10.2 Å². The third-order valence-corrected chi connectivity index (χ3v) is 3.26. The molecule has 98 valence electrons. The molecule has 6 heteroatoms. The Bertz CT molecular complexity index is 430. The van der Waals surface area contributed by atoms with E-state index in [1.807, 2.05) is 6.92 Å². The molecule has 6 nitrogen and oxygen atoms in total. The van der Waals surface area contributed by atoms with E-state index in [2.05, 4.69) is 10.2 Å². The first kappa shape index (κ1) is 12.8. The second-order valence-corrected chi connectivity index (χ2v) is 4.99. The number of aromatic nitrogens is 2. The summed E-state index contributed by atoms with van der Waals surface area (Å²) in [5.74, 6) is 0.144. The molecule has 1 fully saturated rings. The third-order valence-electron chi connectivity index (χ3n) is 3.26. The van der Waals surface area contributed by atoms with Crippen molar-refractivity contribution in [1.29, 1.82) is 0 Å². The lowest BCUT2D eigenvalue weighted by Crippen LogP contribution is -2.34. The topological polar surface area (TPSA) is 92.3 Å². The third kappa shape index (κ3) is 2.95. The van der Waals surface area contributed by atoms with Crippen molar-refractivity contribution in [2.45, 2.75) is 31.8 Å². The maximum absolute atomic E-state index is 12.2. The first-order chi connectivity index (χ1) is 8.48. The molecule has 1 aromatic rings. The van der Waals surface area contributed by atoms with Gasteiger partial charge >= 0.3 is 0 Å². The minimum Gasteiger partial charge on any atom is -0.390 e. The van der Waals surface area contributed by atoms with Crippen molar-refractivity contribution < 1.29 is 9.90 Å². The van der Waals surface area contributed by atoms with E-state index in [1.165, 1.54) is 0 Å². The fourth-order valence-corrected chi connectivity index (χ4v) is 2.09. The molecule has 3 N–H and O–H groups in total. The van der Waals surface area contributed by atoms with Crippen molar-refractivity contribution in [3.8, 4) is 0 Å². The van der Waals surface area contributed by atoms with Crippen LogP contribution in [0.5, 0.6) is 0 Å². The number of hydrogen-bond acceptors (Lipinski definition) is 5. The minimum absolute atomic E-state index is 0.153. The summed E-state index contributed by atoms with van der Waals surface area (Å²) < 4.78 is 0. The van der Waals surface area contributed by atoms with Crippen LogP contribution in [0.4, 0.5) is 5.82 Å². The molecular weight excluding hydrogens is 232 g/mol. The standard InChI is InChI=1S/C12H18N4O2/c1-12(18)5-2-7-16(8-6-12)11(17)9-3-4-10(13)15-14-9/h3-4,18H,2,5-8H2,1H3,(H2,13,15). The SMILES string of the molecule is CC1(O)CCCN(C(=O)c2ccc(N)nn2)CC1. The number of carbonyl (C=O) groups is 1. The molecule has 1 aromatic heterocycles. The van der Waals surface area contributed by atoms with Gasteiger partial charge in [0.1, 0.15) is 5.82 Å². The molecule has 0 bridgehead atoms. The van der Waals surface area contributed by atoms with Gasteiger partial charge in [0, 0.05) is 13.1 Å². The minimum atomic E-state index is -0.679. The normalized spacial score (nSPS) is 24.7. The summed E-state index contributed by atoms with van der Waals surface area (Å²) in [5, 5.41) is 17.4. The molecule has 1 unspecified atom stereocenters. The Kier molecular flexibility index (Phi) is 3.47. The monoisotopic (exact) mass is 250 g/mol. The van der Waals surface area contributed by atoms with E-state index < -0.39 is 5.60 Å². The Balaban J connectivity index is 2.07. The van der Waals surface area contributed by atoms with Gasteiger partial charge in [-0.3, -0.25) is 4.79 Å². The predicted octanol–water partition coefficient (Wildman–Crippen LogP) is 0.436. The zero-order chi connectivity index (χ0) is 13.2. The summed E-state index contributed by atoms with van der Waals surface area (Å²) >= 11 is 0. The van der Waals surface area contributed by atoms with Crippen LogP contribution in [0.2, 0.25) is 0 Å². The first-order valence-corrected chi connectivity index (χ1v) is 6.09. The van der Waals surface area contributed by atoms with Crippen LogP contribution in [-0.2, 0) is 0 Å². The second-order valence-electron chi connectivity index (χ2n) is 4.99. The maximum Gasteiger partial charge on any atom is 0.274 e. The van der Waals surface area contributed by atoms with Gasteiger partial charge in [-0.1, -0.05) is 0 Å². The number of nitrogen functional groups attached to an aromatic ring is 1. The summed E-state index contributed by atoms with van der Waals surface area (Å²) in [6.07, 6.45) is 2.09. The van der Waals surface area contributed by atoms with Crippen molar-refractivity contribution in [1.82, 2.24) is 15.1 Å². The molecule has 0 aliphatic carbocycles. The van der Waals surface area contributed by atoms with E-state index >= 15 is 0 Å². The maximum atomic E-state index is 12.2. The zero-order valence-electron chi connectivity index (χ0n) is 10.5. The van der Waals surface area contributed by atoms with E-state index in [9.17, 15) is 9.90 Å². The summed E-state index contributed by atoms with van der Waals surface area (Å²) in [7, 11) is 0. The smallest absolute Gasteiger partial charge is 0.274 e. The second kappa shape index (κ2) is 4.89. The highest BCUT2D eigenvalue weighted by molar-refractivity contribution is 5.92. The van der Waals surface area contributed by atoms with Crippen LogP contribution in [0.1, 0.15) is 36.7 Å². The van der Waals surface area contributed by atoms with Crippen LogP contribution in [0.25, 0.3) is 0 Å². The van der Waals surface area contributed by atoms with E-state index in [1.54, 1.807) is 17.0 Å². The molecule has 1 saturated heterocycles. The summed E-state index contributed by atoms with van der Waals surface area (Å²) in [5.41, 5.74) is 5.05. The number of nitrogens with zero attached hydrogens (tertiary/aromatic N) is 3. The number of rotatable bonds is 1. The highest BCUT2D eigenvalue weighted by Gasteiger charge is 2.27. The van der Waals surface area contributed by atoms with Crippen LogP contribution in [0.3, 0.4) is 0 Å². The van der Waals surface area contributed by atoms with Crippen molar-refractivity contribution in [2.24, 2.45) is 0 Å². The Morgan fingerprint density at radius 3 is 2.83 bits per heavy atom. The summed E-state index contributed by atoms with van der Waals surface area (Å²) in [6, 6.07) is 3.14. The number of likely N-dealkylation sites (tertiary alicyclic amines) is 1. The van der Waals surface area contributed by atoms with Gasteiger partial charge in [0.15, 0.2) is 5.69 Å². The predicted molar refractivity (Wildman–Crippen MR) is 66.8 cm³/mol. The molecule has 1 aliphatic rings. The fourth-order valence-electron chi connectivity index (χ4n) is 2.09. The Morgan fingerprint density at radius 2 is 2.17 bits per heavy atom. The number of anilines is 1. The molecule has 1 amide bonds. The quantitative estimate of drug-likeness (QED) is 0.754. The van der Waals surface area contributed by atoms with Crippen molar-refractivity contribution >= 4 is 11.7 Å². The van der Waals surface area contributed by atoms with Crippen LogP contribution in [0.15, 0.2) is 12.1 Å². The molecule has 0 saturated carbocycles. The van der Waals surface area contributed by atoms with Gasteiger partial charge in [-0.2, -0.15) is 0 Å². The fraction of sp³-hybridized carbons (Fsp3) is 0.583. The molecule has 1 atom stereocenters. The molecule has 1 aliphatic heterocycles. The highest BCUT2D eigenvalue weighted by atomic mass is 16.3. The van der Waals surface area contributed by atoms with Crippen LogP contribution in [0, 0.1) is 0 Å². The first-order valence-electron chi connectivity index (χ1n) is 6.09. The molecule has 0 spiro atoms. The number of nitrogens with two attached hydrogens (primary N) is 1. The highest BCUT2D eigenvalue weighted by Crippen LogP contribution is 2.22. The number of amides is 1. The lowest BCUT2D eigenvalue weighted by atomic mass is 9.98. The average molecular weight is 250 g/mol. The summed E-state index contributed by atoms with van der Waals surface area (Å²) in [4.78, 5) is 13.9. The van der Waals surface area contributed by atoms with Gasteiger partial charge in [0.05, 0.1) is 5.60 Å². The molecule has 2 rings (SSSR count). The number of carbonyl (C=O) groups excluding carboxylic acids is 1. The van der Waals surface area contributed by atoms with Gasteiger partial charge in [-0.05, 0) is 38.3 Å². The van der Waals surface area contributed by atoms with Crippen molar-refractivity contribution in [3.05, 3.63) is 17.8 Å². The van der Waals surface area contributed by atoms with E-state index in [0.717, 1.165) is 6.42 Å².